The highest BCUT2D eigenvalue weighted by molar-refractivity contribution is 7.16. The van der Waals surface area contributed by atoms with E-state index in [-0.39, 0.29) is 5.91 Å². The molecule has 28 heavy (non-hydrogen) atoms. The van der Waals surface area contributed by atoms with Crippen LogP contribution in [0.15, 0.2) is 53.9 Å². The van der Waals surface area contributed by atoms with Crippen molar-refractivity contribution in [1.82, 2.24) is 4.98 Å². The number of pyridine rings is 1. The SMILES string of the molecule is COC(=O)c1cc(C)sc1NC(=O)c1cc(-c2cccs2)nc2ccccc12. The largest absolute Gasteiger partial charge is 0.465 e. The molecule has 0 aliphatic rings. The predicted molar refractivity (Wildman–Crippen MR) is 113 cm³/mol. The number of methoxy groups -OCH3 is 1. The molecular weight excluding hydrogens is 392 g/mol. The van der Waals surface area contributed by atoms with Crippen LogP contribution in [0.1, 0.15) is 25.6 Å². The number of amides is 1. The van der Waals surface area contributed by atoms with E-state index >= 15 is 0 Å². The van der Waals surface area contributed by atoms with Crippen molar-refractivity contribution >= 4 is 50.5 Å². The van der Waals surface area contributed by atoms with Crippen molar-refractivity contribution < 1.29 is 14.3 Å². The zero-order valence-electron chi connectivity index (χ0n) is 15.2. The van der Waals surface area contributed by atoms with Gasteiger partial charge >= 0.3 is 5.97 Å². The van der Waals surface area contributed by atoms with Gasteiger partial charge in [0, 0.05) is 10.3 Å². The molecule has 1 N–H and O–H groups in total. The lowest BCUT2D eigenvalue weighted by atomic mass is 10.1. The van der Waals surface area contributed by atoms with Crippen molar-refractivity contribution in [3.8, 4) is 10.6 Å². The van der Waals surface area contributed by atoms with Crippen molar-refractivity contribution in [2.45, 2.75) is 6.92 Å². The highest BCUT2D eigenvalue weighted by Crippen LogP contribution is 2.31. The Morgan fingerprint density at radius 3 is 2.64 bits per heavy atom. The molecule has 5 nitrogen and oxygen atoms in total. The fourth-order valence-corrected chi connectivity index (χ4v) is 4.53. The van der Waals surface area contributed by atoms with Crippen molar-refractivity contribution in [3.05, 3.63) is 69.9 Å². The minimum Gasteiger partial charge on any atom is -0.465 e. The number of anilines is 1. The van der Waals surface area contributed by atoms with E-state index in [0.717, 1.165) is 26.4 Å². The summed E-state index contributed by atoms with van der Waals surface area (Å²) in [5, 5.41) is 6.09. The van der Waals surface area contributed by atoms with E-state index in [0.29, 0.717) is 16.1 Å². The van der Waals surface area contributed by atoms with E-state index in [1.165, 1.54) is 18.4 Å². The fraction of sp³-hybridized carbons (Fsp3) is 0.0952. The number of esters is 1. The summed E-state index contributed by atoms with van der Waals surface area (Å²) in [6, 6.07) is 15.0. The van der Waals surface area contributed by atoms with Crippen molar-refractivity contribution in [1.29, 1.82) is 0 Å². The number of aromatic nitrogens is 1. The number of benzene rings is 1. The Labute approximate surface area is 169 Å². The van der Waals surface area contributed by atoms with Gasteiger partial charge in [-0.1, -0.05) is 24.3 Å². The maximum atomic E-state index is 13.1. The van der Waals surface area contributed by atoms with Crippen LogP contribution >= 0.6 is 22.7 Å². The van der Waals surface area contributed by atoms with Gasteiger partial charge < -0.3 is 10.1 Å². The quantitative estimate of drug-likeness (QED) is 0.461. The number of para-hydroxylation sites is 1. The average molecular weight is 409 g/mol. The lowest BCUT2D eigenvalue weighted by Crippen LogP contribution is -2.14. The zero-order valence-corrected chi connectivity index (χ0v) is 16.8. The number of carbonyl (C=O) groups excluding carboxylic acids is 2. The summed E-state index contributed by atoms with van der Waals surface area (Å²) in [4.78, 5) is 31.7. The van der Waals surface area contributed by atoms with Crippen LogP contribution in [0.3, 0.4) is 0 Å². The molecule has 0 aliphatic heterocycles. The first kappa shape index (κ1) is 18.3. The van der Waals surface area contributed by atoms with Gasteiger partial charge in [0.15, 0.2) is 0 Å². The van der Waals surface area contributed by atoms with E-state index in [2.05, 4.69) is 10.3 Å². The molecule has 0 saturated carbocycles. The number of nitrogens with one attached hydrogen (secondary N) is 1. The molecule has 7 heteroatoms. The molecule has 4 aromatic rings. The number of hydrogen-bond donors (Lipinski definition) is 1. The first-order chi connectivity index (χ1) is 13.6. The maximum absolute atomic E-state index is 13.1. The third-order valence-corrected chi connectivity index (χ3v) is 6.08. The molecule has 0 bridgehead atoms. The number of hydrogen-bond acceptors (Lipinski definition) is 6. The Balaban J connectivity index is 1.79. The van der Waals surface area contributed by atoms with E-state index in [4.69, 9.17) is 4.74 Å². The summed E-state index contributed by atoms with van der Waals surface area (Å²) in [7, 11) is 1.32. The van der Waals surface area contributed by atoms with Gasteiger partial charge in [-0.25, -0.2) is 9.78 Å². The number of nitrogens with zero attached hydrogens (tertiary/aromatic N) is 1. The molecule has 0 saturated heterocycles. The van der Waals surface area contributed by atoms with Gasteiger partial charge in [0.25, 0.3) is 5.91 Å². The topological polar surface area (TPSA) is 68.3 Å². The highest BCUT2D eigenvalue weighted by atomic mass is 32.1. The molecule has 140 valence electrons. The summed E-state index contributed by atoms with van der Waals surface area (Å²) in [5.74, 6) is -0.762. The lowest BCUT2D eigenvalue weighted by molar-refractivity contribution is 0.0602. The Hall–Kier alpha value is -3.03. The minimum absolute atomic E-state index is 0.289. The summed E-state index contributed by atoms with van der Waals surface area (Å²) in [6.45, 7) is 1.88. The zero-order chi connectivity index (χ0) is 19.7. The molecule has 0 atom stereocenters. The molecule has 3 heterocycles. The molecule has 3 aromatic heterocycles. The van der Waals surface area contributed by atoms with Gasteiger partial charge in [-0.2, -0.15) is 0 Å². The lowest BCUT2D eigenvalue weighted by Gasteiger charge is -2.10. The summed E-state index contributed by atoms with van der Waals surface area (Å²) >= 11 is 2.91. The van der Waals surface area contributed by atoms with Crippen molar-refractivity contribution in [2.24, 2.45) is 0 Å². The molecule has 0 fully saturated rings. The molecule has 0 unspecified atom stereocenters. The first-order valence-electron chi connectivity index (χ1n) is 8.50. The molecule has 1 aromatic carbocycles. The monoisotopic (exact) mass is 408 g/mol. The van der Waals surface area contributed by atoms with E-state index < -0.39 is 5.97 Å². The molecular formula is C21H16N2O3S2. The molecule has 0 radical (unpaired) electrons. The van der Waals surface area contributed by atoms with Gasteiger partial charge in [-0.15, -0.1) is 22.7 Å². The Bertz CT molecular complexity index is 1180. The van der Waals surface area contributed by atoms with Crippen molar-refractivity contribution in [3.63, 3.8) is 0 Å². The summed E-state index contributed by atoms with van der Waals surface area (Å²) in [6.07, 6.45) is 0. The van der Waals surface area contributed by atoms with E-state index in [1.807, 2.05) is 48.7 Å². The second kappa shape index (κ2) is 7.53. The molecule has 1 amide bonds. The number of ether oxygens (including phenoxy) is 1. The first-order valence-corrected chi connectivity index (χ1v) is 10.2. The Kier molecular flexibility index (Phi) is 4.93. The van der Waals surface area contributed by atoms with Crippen molar-refractivity contribution in [2.75, 3.05) is 12.4 Å². The van der Waals surface area contributed by atoms with E-state index in [1.54, 1.807) is 23.5 Å². The van der Waals surface area contributed by atoms with Crippen LogP contribution in [-0.4, -0.2) is 24.0 Å². The molecule has 0 aliphatic carbocycles. The van der Waals surface area contributed by atoms with Crippen LogP contribution in [0.25, 0.3) is 21.5 Å². The smallest absolute Gasteiger partial charge is 0.340 e. The number of aryl methyl sites for hydroxylation is 1. The van der Waals surface area contributed by atoms with Crippen LogP contribution in [0, 0.1) is 6.92 Å². The summed E-state index contributed by atoms with van der Waals surface area (Å²) in [5.41, 5.74) is 2.36. The Morgan fingerprint density at radius 2 is 1.89 bits per heavy atom. The van der Waals surface area contributed by atoms with Crippen LogP contribution in [-0.2, 0) is 4.74 Å². The van der Waals surface area contributed by atoms with Gasteiger partial charge in [0.1, 0.15) is 5.00 Å². The van der Waals surface area contributed by atoms with Crippen LogP contribution in [0.4, 0.5) is 5.00 Å². The van der Waals surface area contributed by atoms with Gasteiger partial charge in [0.2, 0.25) is 0 Å². The van der Waals surface area contributed by atoms with Gasteiger partial charge in [0.05, 0.1) is 34.3 Å². The van der Waals surface area contributed by atoms with Crippen LogP contribution in [0.5, 0.6) is 0 Å². The fourth-order valence-electron chi connectivity index (χ4n) is 2.95. The minimum atomic E-state index is -0.474. The third kappa shape index (κ3) is 3.42. The highest BCUT2D eigenvalue weighted by Gasteiger charge is 2.20. The van der Waals surface area contributed by atoms with Crippen LogP contribution < -0.4 is 5.32 Å². The molecule has 4 rings (SSSR count). The standard InChI is InChI=1S/C21H16N2O3S2/c1-12-10-15(21(25)26-2)20(28-12)23-19(24)14-11-17(18-8-5-9-27-18)22-16-7-4-3-6-13(14)16/h3-11H,1-2H3,(H,23,24). The number of fused-ring (bicyclic) bond motifs is 1. The van der Waals surface area contributed by atoms with Gasteiger partial charge in [-0.3, -0.25) is 4.79 Å². The normalized spacial score (nSPS) is 10.8. The number of thiophene rings is 2. The summed E-state index contributed by atoms with van der Waals surface area (Å²) < 4.78 is 4.82. The molecule has 0 spiro atoms. The van der Waals surface area contributed by atoms with Crippen LogP contribution in [0.2, 0.25) is 0 Å². The number of carbonyl (C=O) groups is 2. The third-order valence-electron chi connectivity index (χ3n) is 4.22. The maximum Gasteiger partial charge on any atom is 0.340 e. The predicted octanol–water partition coefficient (Wildman–Crippen LogP) is 5.37. The Morgan fingerprint density at radius 1 is 1.07 bits per heavy atom. The number of rotatable bonds is 4. The second-order valence-corrected chi connectivity index (χ2v) is 8.30. The average Bonchev–Trinajstić information content (AvgIpc) is 3.36. The van der Waals surface area contributed by atoms with E-state index in [9.17, 15) is 9.59 Å². The second-order valence-electron chi connectivity index (χ2n) is 6.10. The van der Waals surface area contributed by atoms with Gasteiger partial charge in [-0.05, 0) is 36.6 Å².